The zero-order valence-corrected chi connectivity index (χ0v) is 13.7. The molecule has 4 nitrogen and oxygen atoms in total. The molecule has 2 saturated heterocycles. The van der Waals surface area contributed by atoms with E-state index in [-0.39, 0.29) is 28.8 Å². The lowest BCUT2D eigenvalue weighted by atomic mass is 10.1. The predicted octanol–water partition coefficient (Wildman–Crippen LogP) is 2.42. The smallest absolute Gasteiger partial charge is 0.250 e. The molecule has 3 aliphatic rings. The molecule has 4 rings (SSSR count). The first kappa shape index (κ1) is 14.1. The summed E-state index contributed by atoms with van der Waals surface area (Å²) in [6, 6.07) is 7.97. The quantitative estimate of drug-likeness (QED) is 0.799. The summed E-state index contributed by atoms with van der Waals surface area (Å²) in [7, 11) is 0. The van der Waals surface area contributed by atoms with Gasteiger partial charge in [-0.05, 0) is 38.3 Å². The molecule has 116 valence electrons. The molecule has 0 aliphatic carbocycles. The fourth-order valence-electron chi connectivity index (χ4n) is 4.07. The van der Waals surface area contributed by atoms with Gasteiger partial charge < -0.3 is 9.80 Å². The zero-order chi connectivity index (χ0) is 15.5. The van der Waals surface area contributed by atoms with Crippen molar-refractivity contribution in [3.05, 3.63) is 29.8 Å². The molecule has 0 N–H and O–H groups in total. The van der Waals surface area contributed by atoms with Crippen molar-refractivity contribution in [2.75, 3.05) is 10.7 Å². The van der Waals surface area contributed by atoms with Crippen molar-refractivity contribution >= 4 is 29.3 Å². The lowest BCUT2D eigenvalue weighted by Gasteiger charge is -2.33. The molecule has 1 aromatic carbocycles. The highest BCUT2D eigenvalue weighted by atomic mass is 32.2. The van der Waals surface area contributed by atoms with E-state index in [1.165, 1.54) is 5.56 Å². The molecule has 5 heteroatoms. The van der Waals surface area contributed by atoms with Crippen LogP contribution in [0.15, 0.2) is 24.3 Å². The minimum absolute atomic E-state index is 0.0870. The van der Waals surface area contributed by atoms with E-state index in [0.29, 0.717) is 12.2 Å². The van der Waals surface area contributed by atoms with Crippen molar-refractivity contribution in [3.63, 3.8) is 0 Å². The van der Waals surface area contributed by atoms with Crippen LogP contribution in [0.4, 0.5) is 5.69 Å². The molecule has 0 radical (unpaired) electrons. The summed E-state index contributed by atoms with van der Waals surface area (Å²) < 4.78 is 0. The molecule has 0 unspecified atom stereocenters. The monoisotopic (exact) mass is 316 g/mol. The SMILES string of the molecule is C[C@@H]1Cc2ccccc2N1C(=O)[C@H]1CS[C@]2(C)CCC(=O)N12. The van der Waals surface area contributed by atoms with Gasteiger partial charge in [0.05, 0.1) is 4.87 Å². The molecule has 0 bridgehead atoms. The maximum absolute atomic E-state index is 13.2. The number of hydrogen-bond acceptors (Lipinski definition) is 3. The van der Waals surface area contributed by atoms with Crippen LogP contribution in [0.5, 0.6) is 0 Å². The molecule has 3 heterocycles. The zero-order valence-electron chi connectivity index (χ0n) is 12.9. The molecule has 1 aromatic rings. The number of hydrogen-bond donors (Lipinski definition) is 0. The largest absolute Gasteiger partial charge is 0.315 e. The number of amides is 2. The summed E-state index contributed by atoms with van der Waals surface area (Å²) in [6.07, 6.45) is 2.32. The Morgan fingerprint density at radius 2 is 2.14 bits per heavy atom. The number of nitrogens with zero attached hydrogens (tertiary/aromatic N) is 2. The summed E-state index contributed by atoms with van der Waals surface area (Å²) >= 11 is 1.75. The number of fused-ring (bicyclic) bond motifs is 2. The van der Waals surface area contributed by atoms with Crippen molar-refractivity contribution in [2.24, 2.45) is 0 Å². The van der Waals surface area contributed by atoms with Crippen molar-refractivity contribution in [1.82, 2.24) is 4.90 Å². The van der Waals surface area contributed by atoms with E-state index in [0.717, 1.165) is 18.5 Å². The highest BCUT2D eigenvalue weighted by Crippen LogP contribution is 2.48. The average molecular weight is 316 g/mol. The second-order valence-corrected chi connectivity index (χ2v) is 8.16. The van der Waals surface area contributed by atoms with Gasteiger partial charge in [0.2, 0.25) is 5.91 Å². The molecule has 3 aliphatic heterocycles. The fourth-order valence-corrected chi connectivity index (χ4v) is 5.49. The lowest BCUT2D eigenvalue weighted by Crippen LogP contribution is -2.52. The normalized spacial score (nSPS) is 33.3. The van der Waals surface area contributed by atoms with E-state index in [4.69, 9.17) is 0 Å². The van der Waals surface area contributed by atoms with E-state index in [9.17, 15) is 9.59 Å². The maximum atomic E-state index is 13.2. The Kier molecular flexibility index (Phi) is 3.05. The van der Waals surface area contributed by atoms with Gasteiger partial charge in [0.25, 0.3) is 5.91 Å². The Hall–Kier alpha value is -1.49. The molecule has 0 aromatic heterocycles. The summed E-state index contributed by atoms with van der Waals surface area (Å²) in [6.45, 7) is 4.18. The summed E-state index contributed by atoms with van der Waals surface area (Å²) in [5.41, 5.74) is 2.25. The van der Waals surface area contributed by atoms with Gasteiger partial charge in [-0.25, -0.2) is 0 Å². The molecule has 3 atom stereocenters. The van der Waals surface area contributed by atoms with Crippen LogP contribution in [0.25, 0.3) is 0 Å². The van der Waals surface area contributed by atoms with Gasteiger partial charge in [0, 0.05) is 23.9 Å². The van der Waals surface area contributed by atoms with Crippen LogP contribution in [0.1, 0.15) is 32.3 Å². The first-order valence-corrected chi connectivity index (χ1v) is 8.87. The van der Waals surface area contributed by atoms with Crippen LogP contribution in [0, 0.1) is 0 Å². The average Bonchev–Trinajstić information content (AvgIpc) is 3.09. The third kappa shape index (κ3) is 1.84. The summed E-state index contributed by atoms with van der Waals surface area (Å²) in [5, 5.41) is 0. The van der Waals surface area contributed by atoms with Crippen LogP contribution in [0.3, 0.4) is 0 Å². The van der Waals surface area contributed by atoms with Crippen molar-refractivity contribution in [3.8, 4) is 0 Å². The third-order valence-electron chi connectivity index (χ3n) is 5.17. The van der Waals surface area contributed by atoms with Gasteiger partial charge in [-0.15, -0.1) is 11.8 Å². The molecule has 2 fully saturated rings. The number of anilines is 1. The Labute approximate surface area is 134 Å². The van der Waals surface area contributed by atoms with Gasteiger partial charge in [-0.3, -0.25) is 9.59 Å². The van der Waals surface area contributed by atoms with Gasteiger partial charge in [-0.1, -0.05) is 18.2 Å². The van der Waals surface area contributed by atoms with Crippen LogP contribution in [-0.2, 0) is 16.0 Å². The van der Waals surface area contributed by atoms with E-state index >= 15 is 0 Å². The predicted molar refractivity (Wildman–Crippen MR) is 87.8 cm³/mol. The third-order valence-corrected chi connectivity index (χ3v) is 6.68. The van der Waals surface area contributed by atoms with E-state index < -0.39 is 0 Å². The highest BCUT2D eigenvalue weighted by Gasteiger charge is 2.54. The van der Waals surface area contributed by atoms with E-state index in [1.54, 1.807) is 11.8 Å². The summed E-state index contributed by atoms with van der Waals surface area (Å²) in [5.74, 6) is 0.932. The van der Waals surface area contributed by atoms with Gasteiger partial charge in [0.1, 0.15) is 6.04 Å². The second-order valence-electron chi connectivity index (χ2n) is 6.66. The van der Waals surface area contributed by atoms with Gasteiger partial charge in [0.15, 0.2) is 0 Å². The van der Waals surface area contributed by atoms with E-state index in [2.05, 4.69) is 19.9 Å². The van der Waals surface area contributed by atoms with Crippen LogP contribution in [-0.4, -0.2) is 39.4 Å². The lowest BCUT2D eigenvalue weighted by molar-refractivity contribution is -0.136. The Bertz CT molecular complexity index is 662. The van der Waals surface area contributed by atoms with E-state index in [1.807, 2.05) is 28.0 Å². The number of carbonyl (C=O) groups is 2. The number of rotatable bonds is 1. The molecule has 0 saturated carbocycles. The van der Waals surface area contributed by atoms with Gasteiger partial charge >= 0.3 is 0 Å². The standard InChI is InChI=1S/C17H20N2O2S/c1-11-9-12-5-3-4-6-13(12)18(11)16(21)14-10-22-17(2)8-7-15(20)19(14)17/h3-6,11,14H,7-10H2,1-2H3/t11-,14-,17-/m1/s1. The Balaban J connectivity index is 1.67. The van der Waals surface area contributed by atoms with Crippen molar-refractivity contribution in [2.45, 2.75) is 50.1 Å². The molecule has 0 spiro atoms. The number of carbonyl (C=O) groups excluding carboxylic acids is 2. The van der Waals surface area contributed by atoms with Crippen LogP contribution in [0.2, 0.25) is 0 Å². The first-order chi connectivity index (χ1) is 10.5. The molecular weight excluding hydrogens is 296 g/mol. The highest BCUT2D eigenvalue weighted by molar-refractivity contribution is 8.01. The minimum atomic E-state index is -0.307. The molecule has 2 amide bonds. The fraction of sp³-hybridized carbons (Fsp3) is 0.529. The van der Waals surface area contributed by atoms with Gasteiger partial charge in [-0.2, -0.15) is 0 Å². The molecule has 22 heavy (non-hydrogen) atoms. The minimum Gasteiger partial charge on any atom is -0.315 e. The number of thioether (sulfide) groups is 1. The van der Waals surface area contributed by atoms with Crippen LogP contribution >= 0.6 is 11.8 Å². The molecular formula is C17H20N2O2S. The first-order valence-electron chi connectivity index (χ1n) is 7.88. The number of para-hydroxylation sites is 1. The van der Waals surface area contributed by atoms with Crippen molar-refractivity contribution < 1.29 is 9.59 Å². The topological polar surface area (TPSA) is 40.6 Å². The van der Waals surface area contributed by atoms with Crippen LogP contribution < -0.4 is 4.90 Å². The Morgan fingerprint density at radius 1 is 1.36 bits per heavy atom. The maximum Gasteiger partial charge on any atom is 0.250 e. The Morgan fingerprint density at radius 3 is 2.95 bits per heavy atom. The second kappa shape index (κ2) is 4.75. The number of benzene rings is 1. The van der Waals surface area contributed by atoms with Crippen molar-refractivity contribution in [1.29, 1.82) is 0 Å². The summed E-state index contributed by atoms with van der Waals surface area (Å²) in [4.78, 5) is 29.0.